The topological polar surface area (TPSA) is 135 Å². The van der Waals surface area contributed by atoms with E-state index in [1.54, 1.807) is 0 Å². The van der Waals surface area contributed by atoms with Crippen LogP contribution in [0.4, 0.5) is 0 Å². The predicted octanol–water partition coefficient (Wildman–Crippen LogP) is 22.6. The largest absolute Gasteiger partial charge is 0.279 e. The second-order valence-electron chi connectivity index (χ2n) is 26.9. The molecule has 0 atom stereocenters. The SMILES string of the molecule is c1ccc(-c2cc(-c3ccccc3)nc(-c3ccc(-c4ccc5c(c4)c4ccccc4n5-c4nc5ccccc5c5nc6ccccc6n45)cc3)n2)cc1.c1ccc(-c2nc(-c3ccccc3)nc(-c3ccc(-c4ccc5c(c4)c4ccccc4n5-c4nc5ccccc5c5nc6ccccc6n45)cc3)n2)cc1. The highest BCUT2D eigenvalue weighted by Gasteiger charge is 2.24. The standard InChI is InChI=1S/C48H30N6.C47H29N7/c1-3-13-32(14-4-1)41-30-42(33-15-5-2-6-16-33)50-46(49-41)34-25-23-31(24-26-34)35-27-28-44-38(29-35)36-17-8-11-21-43(36)53(44)48-52-39-19-9-7-18-37(39)47-51-40-20-10-12-22-45(40)54(47)48;1-3-13-31(14-4-1)43-50-44(32-15-5-2-6-16-32)52-45(51-43)33-25-23-30(24-26-33)34-27-28-41-37(29-34)35-17-8-11-21-40(35)53(41)47-49-38-19-9-7-18-36(38)46-48-39-20-10-12-22-42(39)54(46)47/h1-30H;1-29H. The Kier molecular flexibility index (Phi) is 14.6. The Morgan fingerprint density at radius 2 is 0.454 bits per heavy atom. The lowest BCUT2D eigenvalue weighted by Gasteiger charge is -2.12. The highest BCUT2D eigenvalue weighted by atomic mass is 15.2. The van der Waals surface area contributed by atoms with Crippen LogP contribution < -0.4 is 0 Å². The molecule has 22 aromatic rings. The summed E-state index contributed by atoms with van der Waals surface area (Å²) in [4.78, 5) is 45.6. The van der Waals surface area contributed by atoms with Gasteiger partial charge in [-0.15, -0.1) is 0 Å². The summed E-state index contributed by atoms with van der Waals surface area (Å²) in [6, 6.07) is 124. The molecule has 0 aliphatic heterocycles. The van der Waals surface area contributed by atoms with E-state index in [2.05, 4.69) is 242 Å². The number of imidazole rings is 2. The van der Waals surface area contributed by atoms with Crippen molar-refractivity contribution in [3.63, 3.8) is 0 Å². The fraction of sp³-hybridized carbons (Fsp3) is 0. The third kappa shape index (κ3) is 10.5. The molecule has 0 saturated heterocycles. The molecule has 14 aromatic carbocycles. The Morgan fingerprint density at radius 3 is 0.852 bits per heavy atom. The Bertz CT molecular complexity index is 6720. The summed E-state index contributed by atoms with van der Waals surface area (Å²) in [5.41, 5.74) is 24.0. The number of nitrogens with zero attached hydrogens (tertiary/aromatic N) is 13. The van der Waals surface area contributed by atoms with Crippen LogP contribution in [0.3, 0.4) is 0 Å². The molecule has 0 spiro atoms. The number of benzene rings is 14. The van der Waals surface area contributed by atoms with Gasteiger partial charge < -0.3 is 0 Å². The van der Waals surface area contributed by atoms with Crippen LogP contribution in [0.5, 0.6) is 0 Å². The molecule has 0 unspecified atom stereocenters. The van der Waals surface area contributed by atoms with Crippen LogP contribution in [-0.2, 0) is 0 Å². The molecule has 0 aliphatic rings. The van der Waals surface area contributed by atoms with Crippen LogP contribution >= 0.6 is 0 Å². The van der Waals surface area contributed by atoms with Crippen molar-refractivity contribution in [3.05, 3.63) is 358 Å². The Morgan fingerprint density at radius 1 is 0.167 bits per heavy atom. The van der Waals surface area contributed by atoms with Crippen molar-refractivity contribution in [1.82, 2.24) is 62.8 Å². The van der Waals surface area contributed by atoms with Gasteiger partial charge in [-0.3, -0.25) is 17.9 Å². The van der Waals surface area contributed by atoms with Crippen LogP contribution in [0.15, 0.2) is 358 Å². The van der Waals surface area contributed by atoms with E-state index >= 15 is 0 Å². The lowest BCUT2D eigenvalue weighted by atomic mass is 10.0. The highest BCUT2D eigenvalue weighted by Crippen LogP contribution is 2.41. The van der Waals surface area contributed by atoms with Gasteiger partial charge in [-0.1, -0.05) is 267 Å². The maximum Gasteiger partial charge on any atom is 0.221 e. The van der Waals surface area contributed by atoms with Crippen molar-refractivity contribution in [2.75, 3.05) is 0 Å². The van der Waals surface area contributed by atoms with Crippen molar-refractivity contribution >= 4 is 98.8 Å². The zero-order valence-electron chi connectivity index (χ0n) is 57.9. The molecule has 13 heteroatoms. The Hall–Kier alpha value is -15.0. The summed E-state index contributed by atoms with van der Waals surface area (Å²) < 4.78 is 8.96. The number of hydrogen-bond acceptors (Lipinski definition) is 9. The molecule has 0 saturated carbocycles. The van der Waals surface area contributed by atoms with Crippen molar-refractivity contribution in [2.24, 2.45) is 0 Å². The average molecular weight is 1380 g/mol. The predicted molar refractivity (Wildman–Crippen MR) is 437 cm³/mol. The maximum absolute atomic E-state index is 5.31. The molecule has 8 heterocycles. The minimum atomic E-state index is 0.633. The third-order valence-corrected chi connectivity index (χ3v) is 20.5. The molecular weight excluding hydrogens is 1320 g/mol. The second kappa shape index (κ2) is 25.5. The van der Waals surface area contributed by atoms with E-state index in [0.29, 0.717) is 23.3 Å². The van der Waals surface area contributed by atoms with E-state index in [-0.39, 0.29) is 0 Å². The quantitative estimate of drug-likeness (QED) is 0.131. The Balaban J connectivity index is 0.000000138. The molecule has 108 heavy (non-hydrogen) atoms. The molecule has 8 aromatic heterocycles. The van der Waals surface area contributed by atoms with E-state index in [1.807, 2.05) is 133 Å². The first-order valence-corrected chi connectivity index (χ1v) is 36.0. The van der Waals surface area contributed by atoms with E-state index in [1.165, 1.54) is 0 Å². The molecule has 0 aliphatic carbocycles. The molecule has 0 amide bonds. The van der Waals surface area contributed by atoms with Gasteiger partial charge in [0, 0.05) is 65.7 Å². The Labute approximate surface area is 618 Å². The first kappa shape index (κ1) is 61.7. The lowest BCUT2D eigenvalue weighted by molar-refractivity contribution is 0.979. The van der Waals surface area contributed by atoms with Crippen molar-refractivity contribution in [1.29, 1.82) is 0 Å². The van der Waals surface area contributed by atoms with Gasteiger partial charge in [0.25, 0.3) is 0 Å². The number of aromatic nitrogens is 13. The van der Waals surface area contributed by atoms with E-state index in [4.69, 9.17) is 44.9 Å². The van der Waals surface area contributed by atoms with Gasteiger partial charge in [-0.25, -0.2) is 44.9 Å². The summed E-state index contributed by atoms with van der Waals surface area (Å²) in [7, 11) is 0. The van der Waals surface area contributed by atoms with Gasteiger partial charge in [0.2, 0.25) is 11.9 Å². The smallest absolute Gasteiger partial charge is 0.221 e. The minimum absolute atomic E-state index is 0.633. The normalized spacial score (nSPS) is 11.7. The molecule has 0 fully saturated rings. The lowest BCUT2D eigenvalue weighted by Crippen LogP contribution is -2.06. The summed E-state index contributed by atoms with van der Waals surface area (Å²) in [6.07, 6.45) is 0. The van der Waals surface area contributed by atoms with Crippen LogP contribution in [-0.4, -0.2) is 62.8 Å². The summed E-state index contributed by atoms with van der Waals surface area (Å²) in [5, 5.41) is 6.68. The van der Waals surface area contributed by atoms with Gasteiger partial charge >= 0.3 is 0 Å². The first-order valence-electron chi connectivity index (χ1n) is 36.0. The minimum Gasteiger partial charge on any atom is -0.279 e. The molecule has 0 radical (unpaired) electrons. The number of para-hydroxylation sites is 8. The zero-order chi connectivity index (χ0) is 71.2. The summed E-state index contributed by atoms with van der Waals surface area (Å²) in [5.74, 6) is 4.24. The number of rotatable bonds is 10. The molecule has 22 rings (SSSR count). The van der Waals surface area contributed by atoms with Crippen molar-refractivity contribution < 1.29 is 0 Å². The fourth-order valence-corrected chi connectivity index (χ4v) is 15.3. The van der Waals surface area contributed by atoms with Gasteiger partial charge in [-0.2, -0.15) is 0 Å². The van der Waals surface area contributed by atoms with Crippen molar-refractivity contribution in [3.8, 4) is 102 Å². The third-order valence-electron chi connectivity index (χ3n) is 20.5. The van der Waals surface area contributed by atoms with Crippen LogP contribution in [0.1, 0.15) is 0 Å². The number of fused-ring (bicyclic) bond motifs is 16. The summed E-state index contributed by atoms with van der Waals surface area (Å²) in [6.45, 7) is 0. The van der Waals surface area contributed by atoms with Gasteiger partial charge in [0.1, 0.15) is 11.3 Å². The molecule has 504 valence electrons. The van der Waals surface area contributed by atoms with Crippen molar-refractivity contribution in [2.45, 2.75) is 0 Å². The van der Waals surface area contributed by atoms with Crippen LogP contribution in [0.2, 0.25) is 0 Å². The number of hydrogen-bond donors (Lipinski definition) is 0. The molecule has 13 nitrogen and oxygen atoms in total. The summed E-state index contributed by atoms with van der Waals surface area (Å²) >= 11 is 0. The van der Waals surface area contributed by atoms with E-state index in [0.717, 1.165) is 178 Å². The van der Waals surface area contributed by atoms with E-state index < -0.39 is 0 Å². The van der Waals surface area contributed by atoms with Crippen LogP contribution in [0.25, 0.3) is 201 Å². The van der Waals surface area contributed by atoms with Gasteiger partial charge in [-0.05, 0) is 113 Å². The first-order chi connectivity index (χ1) is 53.5. The maximum atomic E-state index is 5.31. The molecular formula is C95H59N13. The molecule has 0 bridgehead atoms. The van der Waals surface area contributed by atoms with Gasteiger partial charge in [0.15, 0.2) is 23.3 Å². The highest BCUT2D eigenvalue weighted by molar-refractivity contribution is 6.12. The van der Waals surface area contributed by atoms with E-state index in [9.17, 15) is 0 Å². The second-order valence-corrected chi connectivity index (χ2v) is 26.9. The monoisotopic (exact) mass is 1380 g/mol. The van der Waals surface area contributed by atoms with Crippen LogP contribution in [0, 0.1) is 0 Å². The fourth-order valence-electron chi connectivity index (χ4n) is 15.3. The zero-order valence-corrected chi connectivity index (χ0v) is 57.9. The average Bonchev–Trinajstić information content (AvgIpc) is 1.56. The molecule has 0 N–H and O–H groups in total. The van der Waals surface area contributed by atoms with Gasteiger partial charge in [0.05, 0.1) is 66.6 Å².